The van der Waals surface area contributed by atoms with Gasteiger partial charge in [0.25, 0.3) is 0 Å². The number of anilines is 1. The molecule has 0 unspecified atom stereocenters. The maximum atomic E-state index is 13.0. The van der Waals surface area contributed by atoms with Gasteiger partial charge < -0.3 is 4.74 Å². The number of pyridine rings is 1. The van der Waals surface area contributed by atoms with E-state index in [4.69, 9.17) is 16.3 Å². The number of fused-ring (bicyclic) bond motifs is 1. The van der Waals surface area contributed by atoms with Crippen LogP contribution >= 0.6 is 11.6 Å². The zero-order valence-corrected chi connectivity index (χ0v) is 16.0. The number of rotatable bonds is 4. The van der Waals surface area contributed by atoms with Crippen LogP contribution in [0, 0.1) is 5.82 Å². The molecule has 6 heteroatoms. The second-order valence-corrected chi connectivity index (χ2v) is 6.84. The number of hydrogen-bond donors (Lipinski definition) is 1. The fourth-order valence-corrected chi connectivity index (χ4v) is 3.05. The van der Waals surface area contributed by atoms with Crippen molar-refractivity contribution in [2.24, 2.45) is 0 Å². The number of para-hydroxylation sites is 1. The van der Waals surface area contributed by atoms with Crippen molar-refractivity contribution in [3.63, 3.8) is 0 Å². The molecule has 0 atom stereocenters. The SMILES string of the molecule is O=C(Nc1cc(-c2ccc(Cl)cc2)nc2ccccc12)OCc1ccc(F)cc1. The van der Waals surface area contributed by atoms with Crippen LogP contribution in [-0.2, 0) is 11.3 Å². The minimum atomic E-state index is -0.604. The number of benzene rings is 3. The fourth-order valence-electron chi connectivity index (χ4n) is 2.92. The van der Waals surface area contributed by atoms with E-state index >= 15 is 0 Å². The molecule has 4 aromatic rings. The molecule has 0 radical (unpaired) electrons. The average molecular weight is 407 g/mol. The lowest BCUT2D eigenvalue weighted by Gasteiger charge is -2.12. The van der Waals surface area contributed by atoms with Crippen molar-refractivity contribution in [3.05, 3.63) is 95.3 Å². The summed E-state index contributed by atoms with van der Waals surface area (Å²) in [5.41, 5.74) is 3.61. The summed E-state index contributed by atoms with van der Waals surface area (Å²) in [4.78, 5) is 17.0. The number of aromatic nitrogens is 1. The Kier molecular flexibility index (Phi) is 5.40. The lowest BCUT2D eigenvalue weighted by atomic mass is 10.1. The van der Waals surface area contributed by atoms with Crippen LogP contribution < -0.4 is 5.32 Å². The third-order valence-electron chi connectivity index (χ3n) is 4.38. The Labute approximate surface area is 171 Å². The first-order valence-electron chi connectivity index (χ1n) is 8.92. The van der Waals surface area contributed by atoms with Gasteiger partial charge in [0.1, 0.15) is 12.4 Å². The highest BCUT2D eigenvalue weighted by molar-refractivity contribution is 6.30. The van der Waals surface area contributed by atoms with E-state index in [1.54, 1.807) is 30.3 Å². The first kappa shape index (κ1) is 18.9. The summed E-state index contributed by atoms with van der Waals surface area (Å²) in [7, 11) is 0. The third kappa shape index (κ3) is 4.52. The van der Waals surface area contributed by atoms with Crippen molar-refractivity contribution >= 4 is 34.3 Å². The number of carbonyl (C=O) groups excluding carboxylic acids is 1. The molecule has 4 nitrogen and oxygen atoms in total. The topological polar surface area (TPSA) is 51.2 Å². The summed E-state index contributed by atoms with van der Waals surface area (Å²) < 4.78 is 18.3. The maximum Gasteiger partial charge on any atom is 0.411 e. The van der Waals surface area contributed by atoms with Gasteiger partial charge in [0.15, 0.2) is 0 Å². The smallest absolute Gasteiger partial charge is 0.411 e. The molecular formula is C23H16ClFN2O2. The zero-order chi connectivity index (χ0) is 20.2. The van der Waals surface area contributed by atoms with Crippen molar-refractivity contribution in [2.45, 2.75) is 6.61 Å². The monoisotopic (exact) mass is 406 g/mol. The number of carbonyl (C=O) groups is 1. The van der Waals surface area contributed by atoms with Gasteiger partial charge in [-0.2, -0.15) is 0 Å². The molecule has 0 aliphatic heterocycles. The molecule has 0 spiro atoms. The van der Waals surface area contributed by atoms with E-state index in [0.29, 0.717) is 22.0 Å². The van der Waals surface area contributed by atoms with Crippen LogP contribution in [-0.4, -0.2) is 11.1 Å². The second kappa shape index (κ2) is 8.29. The van der Waals surface area contributed by atoms with Crippen molar-refractivity contribution in [1.29, 1.82) is 0 Å². The standard InChI is InChI=1S/C23H16ClFN2O2/c24-17-9-7-16(8-10-17)21-13-22(19-3-1-2-4-20(19)26-21)27-23(28)29-14-15-5-11-18(25)12-6-15/h1-13H,14H2,(H,26,27,28). The van der Waals surface area contributed by atoms with Crippen LogP contribution in [0.2, 0.25) is 5.02 Å². The lowest BCUT2D eigenvalue weighted by molar-refractivity contribution is 0.155. The molecule has 0 saturated carbocycles. The van der Waals surface area contributed by atoms with Gasteiger partial charge in [-0.3, -0.25) is 5.32 Å². The van der Waals surface area contributed by atoms with Gasteiger partial charge in [0, 0.05) is 16.0 Å². The van der Waals surface area contributed by atoms with Gasteiger partial charge in [0.05, 0.1) is 16.9 Å². The minimum Gasteiger partial charge on any atom is -0.444 e. The fraction of sp³-hybridized carbons (Fsp3) is 0.0435. The number of halogens is 2. The Morgan fingerprint density at radius 3 is 2.48 bits per heavy atom. The van der Waals surface area contributed by atoms with E-state index in [2.05, 4.69) is 10.3 Å². The summed E-state index contributed by atoms with van der Waals surface area (Å²) in [6.07, 6.45) is -0.604. The summed E-state index contributed by atoms with van der Waals surface area (Å²) in [5.74, 6) is -0.337. The first-order valence-corrected chi connectivity index (χ1v) is 9.30. The zero-order valence-electron chi connectivity index (χ0n) is 15.2. The molecule has 0 bridgehead atoms. The van der Waals surface area contributed by atoms with E-state index in [9.17, 15) is 9.18 Å². The Balaban J connectivity index is 1.59. The maximum absolute atomic E-state index is 13.0. The number of amides is 1. The van der Waals surface area contributed by atoms with E-state index in [-0.39, 0.29) is 12.4 Å². The highest BCUT2D eigenvalue weighted by Crippen LogP contribution is 2.29. The summed E-state index contributed by atoms with van der Waals surface area (Å²) in [5, 5.41) is 4.22. The van der Waals surface area contributed by atoms with Gasteiger partial charge in [-0.25, -0.2) is 14.2 Å². The molecule has 1 aromatic heterocycles. The van der Waals surface area contributed by atoms with Crippen LogP contribution in [0.3, 0.4) is 0 Å². The van der Waals surface area contributed by atoms with Gasteiger partial charge >= 0.3 is 6.09 Å². The molecule has 0 aliphatic rings. The van der Waals surface area contributed by atoms with E-state index in [1.165, 1.54) is 12.1 Å². The number of ether oxygens (including phenoxy) is 1. The Hall–Kier alpha value is -3.44. The first-order chi connectivity index (χ1) is 14.1. The van der Waals surface area contributed by atoms with Crippen molar-refractivity contribution < 1.29 is 13.9 Å². The third-order valence-corrected chi connectivity index (χ3v) is 4.63. The predicted octanol–water partition coefficient (Wildman–Crippen LogP) is 6.44. The van der Waals surface area contributed by atoms with Crippen LogP contribution in [0.1, 0.15) is 5.56 Å². The Bertz CT molecular complexity index is 1160. The lowest BCUT2D eigenvalue weighted by Crippen LogP contribution is -2.14. The van der Waals surface area contributed by atoms with Crippen LogP contribution in [0.5, 0.6) is 0 Å². The van der Waals surface area contributed by atoms with Crippen LogP contribution in [0.4, 0.5) is 14.9 Å². The van der Waals surface area contributed by atoms with E-state index in [0.717, 1.165) is 16.5 Å². The predicted molar refractivity (Wildman–Crippen MR) is 112 cm³/mol. The highest BCUT2D eigenvalue weighted by Gasteiger charge is 2.11. The van der Waals surface area contributed by atoms with E-state index < -0.39 is 6.09 Å². The quantitative estimate of drug-likeness (QED) is 0.424. The van der Waals surface area contributed by atoms with E-state index in [1.807, 2.05) is 36.4 Å². The molecule has 1 amide bonds. The Morgan fingerprint density at radius 1 is 1.00 bits per heavy atom. The Morgan fingerprint density at radius 2 is 1.72 bits per heavy atom. The molecule has 0 fully saturated rings. The highest BCUT2D eigenvalue weighted by atomic mass is 35.5. The van der Waals surface area contributed by atoms with Gasteiger partial charge in [-0.15, -0.1) is 0 Å². The summed E-state index contributed by atoms with van der Waals surface area (Å²) >= 11 is 5.97. The number of nitrogens with zero attached hydrogens (tertiary/aromatic N) is 1. The molecule has 1 heterocycles. The summed E-state index contributed by atoms with van der Waals surface area (Å²) in [6.45, 7) is 0.0408. The van der Waals surface area contributed by atoms with Crippen molar-refractivity contribution in [3.8, 4) is 11.3 Å². The second-order valence-electron chi connectivity index (χ2n) is 6.41. The van der Waals surface area contributed by atoms with Crippen molar-refractivity contribution in [2.75, 3.05) is 5.32 Å². The molecule has 3 aromatic carbocycles. The van der Waals surface area contributed by atoms with Gasteiger partial charge in [-0.1, -0.05) is 54.1 Å². The normalized spacial score (nSPS) is 10.7. The summed E-state index contributed by atoms with van der Waals surface area (Å²) in [6, 6.07) is 22.4. The molecule has 29 heavy (non-hydrogen) atoms. The van der Waals surface area contributed by atoms with Crippen molar-refractivity contribution in [1.82, 2.24) is 4.98 Å². The van der Waals surface area contributed by atoms with Gasteiger partial charge in [-0.05, 0) is 42.0 Å². The molecule has 0 aliphatic carbocycles. The van der Waals surface area contributed by atoms with Gasteiger partial charge in [0.2, 0.25) is 0 Å². The molecule has 0 saturated heterocycles. The molecule has 4 rings (SSSR count). The minimum absolute atomic E-state index is 0.0408. The molecular weight excluding hydrogens is 391 g/mol. The van der Waals surface area contributed by atoms with Crippen LogP contribution in [0.25, 0.3) is 22.2 Å². The average Bonchev–Trinajstić information content (AvgIpc) is 2.74. The number of nitrogens with one attached hydrogen (secondary N) is 1. The number of hydrogen-bond acceptors (Lipinski definition) is 3. The molecule has 144 valence electrons. The molecule has 1 N–H and O–H groups in total. The largest absolute Gasteiger partial charge is 0.444 e. The van der Waals surface area contributed by atoms with Crippen LogP contribution in [0.15, 0.2) is 78.9 Å².